The molecule has 0 fully saturated rings. The van der Waals surface area contributed by atoms with Gasteiger partial charge in [-0.1, -0.05) is 37.6 Å². The summed E-state index contributed by atoms with van der Waals surface area (Å²) in [5, 5.41) is 0. The SMILES string of the molecule is Cc1cccc(C(=O)CN(CC(C)C)C(C)C)c1. The van der Waals surface area contributed by atoms with E-state index in [4.69, 9.17) is 0 Å². The Labute approximate surface area is 111 Å². The lowest BCUT2D eigenvalue weighted by Crippen LogP contribution is -2.38. The van der Waals surface area contributed by atoms with Crippen molar-refractivity contribution in [2.75, 3.05) is 13.1 Å². The molecule has 0 radical (unpaired) electrons. The van der Waals surface area contributed by atoms with Gasteiger partial charge >= 0.3 is 0 Å². The number of aryl methyl sites for hydroxylation is 1. The van der Waals surface area contributed by atoms with E-state index in [1.807, 2.05) is 31.2 Å². The first-order chi connectivity index (χ1) is 8.40. The number of Topliss-reactive ketones (excluding diaryl/α,β-unsaturated/α-hetero) is 1. The van der Waals surface area contributed by atoms with Crippen LogP contribution < -0.4 is 0 Å². The molecule has 2 heteroatoms. The maximum Gasteiger partial charge on any atom is 0.176 e. The fraction of sp³-hybridized carbons (Fsp3) is 0.562. The number of rotatable bonds is 6. The van der Waals surface area contributed by atoms with Crippen molar-refractivity contribution in [3.8, 4) is 0 Å². The summed E-state index contributed by atoms with van der Waals surface area (Å²) in [5.41, 5.74) is 1.96. The van der Waals surface area contributed by atoms with Gasteiger partial charge in [-0.05, 0) is 32.8 Å². The molecule has 0 amide bonds. The molecular weight excluding hydrogens is 222 g/mol. The van der Waals surface area contributed by atoms with E-state index in [9.17, 15) is 4.79 Å². The van der Waals surface area contributed by atoms with Crippen LogP contribution >= 0.6 is 0 Å². The third-order valence-electron chi connectivity index (χ3n) is 3.02. The van der Waals surface area contributed by atoms with Crippen LogP contribution in [0.4, 0.5) is 0 Å². The van der Waals surface area contributed by atoms with Gasteiger partial charge in [-0.2, -0.15) is 0 Å². The monoisotopic (exact) mass is 247 g/mol. The molecule has 0 bridgehead atoms. The van der Waals surface area contributed by atoms with Crippen LogP contribution in [0.3, 0.4) is 0 Å². The summed E-state index contributed by atoms with van der Waals surface area (Å²) in [7, 11) is 0. The molecule has 0 heterocycles. The number of hydrogen-bond donors (Lipinski definition) is 0. The number of carbonyl (C=O) groups excluding carboxylic acids is 1. The van der Waals surface area contributed by atoms with Crippen LogP contribution in [-0.4, -0.2) is 29.8 Å². The zero-order valence-corrected chi connectivity index (χ0v) is 12.2. The highest BCUT2D eigenvalue weighted by Gasteiger charge is 2.16. The number of nitrogens with zero attached hydrogens (tertiary/aromatic N) is 1. The van der Waals surface area contributed by atoms with E-state index >= 15 is 0 Å². The summed E-state index contributed by atoms with van der Waals surface area (Å²) in [6, 6.07) is 8.25. The smallest absolute Gasteiger partial charge is 0.176 e. The quantitative estimate of drug-likeness (QED) is 0.717. The van der Waals surface area contributed by atoms with Crippen molar-refractivity contribution in [2.24, 2.45) is 5.92 Å². The molecule has 0 aliphatic rings. The lowest BCUT2D eigenvalue weighted by molar-refractivity contribution is 0.0892. The van der Waals surface area contributed by atoms with Gasteiger partial charge in [0, 0.05) is 18.2 Å². The Hall–Kier alpha value is -1.15. The fourth-order valence-corrected chi connectivity index (χ4v) is 2.02. The van der Waals surface area contributed by atoms with Gasteiger partial charge in [0.25, 0.3) is 0 Å². The maximum absolute atomic E-state index is 12.3. The summed E-state index contributed by atoms with van der Waals surface area (Å²) < 4.78 is 0. The molecule has 0 aromatic heterocycles. The Bertz CT molecular complexity index is 396. The first kappa shape index (κ1) is 14.9. The Balaban J connectivity index is 2.72. The molecule has 0 unspecified atom stereocenters. The van der Waals surface area contributed by atoms with Crippen molar-refractivity contribution >= 4 is 5.78 Å². The van der Waals surface area contributed by atoms with Crippen LogP contribution in [0.25, 0.3) is 0 Å². The molecule has 0 aliphatic carbocycles. The summed E-state index contributed by atoms with van der Waals surface area (Å²) >= 11 is 0. The molecule has 1 aromatic rings. The second-order valence-electron chi connectivity index (χ2n) is 5.71. The van der Waals surface area contributed by atoms with Gasteiger partial charge in [0.1, 0.15) is 0 Å². The largest absolute Gasteiger partial charge is 0.293 e. The van der Waals surface area contributed by atoms with E-state index in [-0.39, 0.29) is 5.78 Å². The van der Waals surface area contributed by atoms with E-state index in [2.05, 4.69) is 32.6 Å². The highest BCUT2D eigenvalue weighted by atomic mass is 16.1. The summed E-state index contributed by atoms with van der Waals surface area (Å²) in [4.78, 5) is 14.5. The van der Waals surface area contributed by atoms with Gasteiger partial charge in [0.2, 0.25) is 0 Å². The molecule has 0 spiro atoms. The van der Waals surface area contributed by atoms with E-state index in [1.54, 1.807) is 0 Å². The number of carbonyl (C=O) groups is 1. The van der Waals surface area contributed by atoms with Gasteiger partial charge in [-0.15, -0.1) is 0 Å². The van der Waals surface area contributed by atoms with Gasteiger partial charge in [0.05, 0.1) is 6.54 Å². The average molecular weight is 247 g/mol. The van der Waals surface area contributed by atoms with Crippen LogP contribution in [0.2, 0.25) is 0 Å². The Morgan fingerprint density at radius 1 is 1.22 bits per heavy atom. The molecule has 0 N–H and O–H groups in total. The molecule has 0 aliphatic heterocycles. The summed E-state index contributed by atoms with van der Waals surface area (Å²) in [6.07, 6.45) is 0. The molecule has 18 heavy (non-hydrogen) atoms. The predicted molar refractivity (Wildman–Crippen MR) is 77.1 cm³/mol. The van der Waals surface area contributed by atoms with Crippen LogP contribution in [0.15, 0.2) is 24.3 Å². The first-order valence-corrected chi connectivity index (χ1v) is 6.74. The third kappa shape index (κ3) is 4.61. The minimum absolute atomic E-state index is 0.216. The molecular formula is C16H25NO. The normalized spacial score (nSPS) is 11.6. The second kappa shape index (κ2) is 6.69. The Kier molecular flexibility index (Phi) is 5.54. The molecule has 1 rings (SSSR count). The maximum atomic E-state index is 12.3. The fourth-order valence-electron chi connectivity index (χ4n) is 2.02. The number of benzene rings is 1. The molecule has 0 saturated carbocycles. The highest BCUT2D eigenvalue weighted by molar-refractivity contribution is 5.97. The van der Waals surface area contributed by atoms with Crippen molar-refractivity contribution in [3.05, 3.63) is 35.4 Å². The van der Waals surface area contributed by atoms with Crippen LogP contribution in [-0.2, 0) is 0 Å². The van der Waals surface area contributed by atoms with Gasteiger partial charge in [-0.25, -0.2) is 0 Å². The topological polar surface area (TPSA) is 20.3 Å². The molecule has 100 valence electrons. The van der Waals surface area contributed by atoms with Crippen molar-refractivity contribution in [3.63, 3.8) is 0 Å². The molecule has 0 saturated heterocycles. The van der Waals surface area contributed by atoms with Crippen LogP contribution in [0.1, 0.15) is 43.6 Å². The molecule has 2 nitrogen and oxygen atoms in total. The first-order valence-electron chi connectivity index (χ1n) is 6.74. The van der Waals surface area contributed by atoms with E-state index < -0.39 is 0 Å². The zero-order valence-electron chi connectivity index (χ0n) is 12.2. The average Bonchev–Trinajstić information content (AvgIpc) is 2.27. The Morgan fingerprint density at radius 2 is 1.89 bits per heavy atom. The number of hydrogen-bond acceptors (Lipinski definition) is 2. The number of ketones is 1. The Morgan fingerprint density at radius 3 is 2.39 bits per heavy atom. The van der Waals surface area contributed by atoms with Crippen molar-refractivity contribution < 1.29 is 4.79 Å². The van der Waals surface area contributed by atoms with Crippen LogP contribution in [0.5, 0.6) is 0 Å². The minimum atomic E-state index is 0.216. The van der Waals surface area contributed by atoms with Crippen molar-refractivity contribution in [2.45, 2.75) is 40.7 Å². The van der Waals surface area contributed by atoms with E-state index in [0.717, 1.165) is 17.7 Å². The van der Waals surface area contributed by atoms with E-state index in [1.165, 1.54) is 0 Å². The predicted octanol–water partition coefficient (Wildman–Crippen LogP) is 3.54. The third-order valence-corrected chi connectivity index (χ3v) is 3.02. The van der Waals surface area contributed by atoms with E-state index in [0.29, 0.717) is 18.5 Å². The highest BCUT2D eigenvalue weighted by Crippen LogP contribution is 2.09. The standard InChI is InChI=1S/C16H25NO/c1-12(2)10-17(13(3)4)11-16(18)15-8-6-7-14(5)9-15/h6-9,12-13H,10-11H2,1-5H3. The molecule has 1 aromatic carbocycles. The van der Waals surface area contributed by atoms with Gasteiger partial charge in [-0.3, -0.25) is 9.69 Å². The van der Waals surface area contributed by atoms with Crippen molar-refractivity contribution in [1.29, 1.82) is 0 Å². The minimum Gasteiger partial charge on any atom is -0.293 e. The van der Waals surface area contributed by atoms with Crippen molar-refractivity contribution in [1.82, 2.24) is 4.90 Å². The lowest BCUT2D eigenvalue weighted by Gasteiger charge is -2.27. The summed E-state index contributed by atoms with van der Waals surface area (Å²) in [6.45, 7) is 12.2. The second-order valence-corrected chi connectivity index (χ2v) is 5.71. The zero-order chi connectivity index (χ0) is 13.7. The lowest BCUT2D eigenvalue weighted by atomic mass is 10.1. The molecule has 0 atom stereocenters. The van der Waals surface area contributed by atoms with Gasteiger partial charge < -0.3 is 0 Å². The summed E-state index contributed by atoms with van der Waals surface area (Å²) in [5.74, 6) is 0.797. The van der Waals surface area contributed by atoms with Gasteiger partial charge in [0.15, 0.2) is 5.78 Å². The van der Waals surface area contributed by atoms with Crippen LogP contribution in [0, 0.1) is 12.8 Å².